The summed E-state index contributed by atoms with van der Waals surface area (Å²) in [5, 5.41) is 5.05. The number of nitrogens with zero attached hydrogens (tertiary/aromatic N) is 2. The molecule has 1 N–H and O–H groups in total. The van der Waals surface area contributed by atoms with Crippen LogP contribution in [0.4, 0.5) is 5.13 Å². The van der Waals surface area contributed by atoms with Gasteiger partial charge in [0.1, 0.15) is 11.8 Å². The Morgan fingerprint density at radius 2 is 1.78 bits per heavy atom. The van der Waals surface area contributed by atoms with Gasteiger partial charge in [-0.1, -0.05) is 12.1 Å². The van der Waals surface area contributed by atoms with E-state index in [1.165, 1.54) is 11.3 Å². The van der Waals surface area contributed by atoms with E-state index in [1.807, 2.05) is 35.9 Å². The lowest BCUT2D eigenvalue weighted by molar-refractivity contribution is -0.120. The first-order valence-electron chi connectivity index (χ1n) is 9.90. The number of thiazole rings is 1. The fourth-order valence-electron chi connectivity index (χ4n) is 3.51. The Morgan fingerprint density at radius 1 is 1.12 bits per heavy atom. The molecule has 0 saturated carbocycles. The molecule has 1 aromatic heterocycles. The Labute approximate surface area is 193 Å². The van der Waals surface area contributed by atoms with E-state index in [4.69, 9.17) is 4.74 Å². The molecule has 1 aliphatic rings. The van der Waals surface area contributed by atoms with Gasteiger partial charge in [0, 0.05) is 10.9 Å². The average molecular weight is 468 g/mol. The van der Waals surface area contributed by atoms with Crippen molar-refractivity contribution >= 4 is 46.0 Å². The number of anilines is 1. The lowest BCUT2D eigenvalue weighted by atomic mass is 10.1. The Morgan fingerprint density at radius 3 is 2.38 bits per heavy atom. The third-order valence-electron chi connectivity index (χ3n) is 5.16. The van der Waals surface area contributed by atoms with Crippen LogP contribution in [0.5, 0.6) is 5.75 Å². The third kappa shape index (κ3) is 4.26. The van der Waals surface area contributed by atoms with Crippen molar-refractivity contribution in [2.45, 2.75) is 12.5 Å². The summed E-state index contributed by atoms with van der Waals surface area (Å²) in [6.45, 7) is 0. The van der Waals surface area contributed by atoms with Crippen LogP contribution >= 0.6 is 23.1 Å². The standard InChI is InChI=1S/C23H21N3O4S2/c1-30-15-9-7-14(8-10-15)18-13-32-23(24-18)25-20(27)19(11-12-31-2)26-21(28)16-5-3-4-6-17(16)22(26)29/h3-10,13,19H,11-12H2,1-2H3,(H,24,25,27)/t19-/m1/s1. The lowest BCUT2D eigenvalue weighted by Crippen LogP contribution is -2.47. The van der Waals surface area contributed by atoms with Gasteiger partial charge in [-0.3, -0.25) is 19.3 Å². The zero-order valence-electron chi connectivity index (χ0n) is 17.5. The maximum Gasteiger partial charge on any atom is 0.262 e. The molecule has 2 aromatic carbocycles. The molecule has 3 amide bonds. The summed E-state index contributed by atoms with van der Waals surface area (Å²) in [7, 11) is 1.60. The molecule has 9 heteroatoms. The number of carbonyl (C=O) groups excluding carboxylic acids is 3. The number of fused-ring (bicyclic) bond motifs is 1. The minimum Gasteiger partial charge on any atom is -0.497 e. The maximum absolute atomic E-state index is 13.2. The maximum atomic E-state index is 13.2. The van der Waals surface area contributed by atoms with Crippen molar-refractivity contribution < 1.29 is 19.1 Å². The first kappa shape index (κ1) is 22.0. The molecule has 0 spiro atoms. The number of methoxy groups -OCH3 is 1. The predicted octanol–water partition coefficient (Wildman–Crippen LogP) is 4.18. The fraction of sp³-hybridized carbons (Fsp3) is 0.217. The number of hydrogen-bond donors (Lipinski definition) is 1. The predicted molar refractivity (Wildman–Crippen MR) is 126 cm³/mol. The molecule has 7 nitrogen and oxygen atoms in total. The van der Waals surface area contributed by atoms with Crippen LogP contribution in [0.1, 0.15) is 27.1 Å². The number of imide groups is 1. The van der Waals surface area contributed by atoms with Crippen LogP contribution < -0.4 is 10.1 Å². The highest BCUT2D eigenvalue weighted by atomic mass is 32.2. The third-order valence-corrected chi connectivity index (χ3v) is 6.56. The van der Waals surface area contributed by atoms with Gasteiger partial charge in [0.2, 0.25) is 5.91 Å². The van der Waals surface area contributed by atoms with E-state index in [-0.39, 0.29) is 0 Å². The van der Waals surface area contributed by atoms with E-state index in [1.54, 1.807) is 43.1 Å². The Bertz CT molecular complexity index is 1130. The average Bonchev–Trinajstić information content (AvgIpc) is 3.38. The molecule has 0 bridgehead atoms. The van der Waals surface area contributed by atoms with Gasteiger partial charge in [-0.15, -0.1) is 11.3 Å². The molecule has 0 aliphatic carbocycles. The van der Waals surface area contributed by atoms with Crippen LogP contribution in [-0.4, -0.2) is 52.8 Å². The molecular formula is C23H21N3O4S2. The highest BCUT2D eigenvalue weighted by Gasteiger charge is 2.42. The van der Waals surface area contributed by atoms with E-state index in [2.05, 4.69) is 10.3 Å². The number of benzene rings is 2. The summed E-state index contributed by atoms with van der Waals surface area (Å²) >= 11 is 2.84. The van der Waals surface area contributed by atoms with E-state index >= 15 is 0 Å². The monoisotopic (exact) mass is 467 g/mol. The molecule has 0 unspecified atom stereocenters. The number of rotatable bonds is 8. The minimum absolute atomic E-state index is 0.329. The van der Waals surface area contributed by atoms with Gasteiger partial charge in [0.15, 0.2) is 5.13 Å². The Hall–Kier alpha value is -3.17. The van der Waals surface area contributed by atoms with Crippen LogP contribution in [0.3, 0.4) is 0 Å². The summed E-state index contributed by atoms with van der Waals surface area (Å²) in [5.41, 5.74) is 2.27. The minimum atomic E-state index is -0.914. The molecule has 3 aromatic rings. The van der Waals surface area contributed by atoms with Gasteiger partial charge in [0.25, 0.3) is 11.8 Å². The number of amides is 3. The van der Waals surface area contributed by atoms with E-state index in [9.17, 15) is 14.4 Å². The van der Waals surface area contributed by atoms with Crippen LogP contribution in [0.15, 0.2) is 53.9 Å². The molecule has 0 fully saturated rings. The highest BCUT2D eigenvalue weighted by molar-refractivity contribution is 7.98. The first-order valence-corrected chi connectivity index (χ1v) is 12.2. The van der Waals surface area contributed by atoms with Crippen molar-refractivity contribution in [2.24, 2.45) is 0 Å². The molecule has 164 valence electrons. The van der Waals surface area contributed by atoms with Crippen molar-refractivity contribution in [3.8, 4) is 17.0 Å². The molecule has 1 aliphatic heterocycles. The van der Waals surface area contributed by atoms with Gasteiger partial charge in [-0.25, -0.2) is 4.98 Å². The quantitative estimate of drug-likeness (QED) is 0.500. The second-order valence-electron chi connectivity index (χ2n) is 7.08. The van der Waals surface area contributed by atoms with Crippen LogP contribution in [0.25, 0.3) is 11.3 Å². The zero-order chi connectivity index (χ0) is 22.7. The van der Waals surface area contributed by atoms with Crippen molar-refractivity contribution in [1.29, 1.82) is 0 Å². The Balaban J connectivity index is 1.54. The zero-order valence-corrected chi connectivity index (χ0v) is 19.2. The van der Waals surface area contributed by atoms with Gasteiger partial charge < -0.3 is 10.1 Å². The number of carbonyl (C=O) groups is 3. The number of thioether (sulfide) groups is 1. The lowest BCUT2D eigenvalue weighted by Gasteiger charge is -2.24. The Kier molecular flexibility index (Phi) is 6.57. The van der Waals surface area contributed by atoms with Gasteiger partial charge in [-0.2, -0.15) is 11.8 Å². The van der Waals surface area contributed by atoms with Crippen LogP contribution in [0.2, 0.25) is 0 Å². The topological polar surface area (TPSA) is 88.6 Å². The summed E-state index contributed by atoms with van der Waals surface area (Å²) in [4.78, 5) is 44.5. The number of ether oxygens (including phenoxy) is 1. The molecular weight excluding hydrogens is 446 g/mol. The molecule has 0 radical (unpaired) electrons. The molecule has 2 heterocycles. The summed E-state index contributed by atoms with van der Waals surface area (Å²) < 4.78 is 5.17. The van der Waals surface area contributed by atoms with Gasteiger partial charge in [0.05, 0.1) is 23.9 Å². The normalized spacial score (nSPS) is 13.8. The summed E-state index contributed by atoms with van der Waals surface area (Å²) in [6.07, 6.45) is 2.27. The number of aromatic nitrogens is 1. The molecule has 0 saturated heterocycles. The SMILES string of the molecule is COc1ccc(-c2csc(NC(=O)[C@@H](CCSC)N3C(=O)c4ccccc4C3=O)n2)cc1. The largest absolute Gasteiger partial charge is 0.497 e. The highest BCUT2D eigenvalue weighted by Crippen LogP contribution is 2.29. The van der Waals surface area contributed by atoms with E-state index < -0.39 is 23.8 Å². The second-order valence-corrected chi connectivity index (χ2v) is 8.92. The van der Waals surface area contributed by atoms with Crippen molar-refractivity contribution in [2.75, 3.05) is 24.4 Å². The first-order chi connectivity index (χ1) is 15.5. The van der Waals surface area contributed by atoms with Crippen LogP contribution in [0, 0.1) is 0 Å². The van der Waals surface area contributed by atoms with E-state index in [0.29, 0.717) is 34.1 Å². The molecule has 1 atom stereocenters. The smallest absolute Gasteiger partial charge is 0.262 e. The van der Waals surface area contributed by atoms with Gasteiger partial charge >= 0.3 is 0 Å². The van der Waals surface area contributed by atoms with Gasteiger partial charge in [-0.05, 0) is 54.8 Å². The summed E-state index contributed by atoms with van der Waals surface area (Å²) in [5.74, 6) is 0.0644. The second kappa shape index (κ2) is 9.54. The van der Waals surface area contributed by atoms with Crippen molar-refractivity contribution in [1.82, 2.24) is 9.88 Å². The molecule has 32 heavy (non-hydrogen) atoms. The van der Waals surface area contributed by atoms with Crippen LogP contribution in [-0.2, 0) is 4.79 Å². The number of nitrogens with one attached hydrogen (secondary N) is 1. The summed E-state index contributed by atoms with van der Waals surface area (Å²) in [6, 6.07) is 13.2. The van der Waals surface area contributed by atoms with Crippen molar-refractivity contribution in [3.63, 3.8) is 0 Å². The van der Waals surface area contributed by atoms with Crippen molar-refractivity contribution in [3.05, 3.63) is 65.0 Å². The number of hydrogen-bond acceptors (Lipinski definition) is 7. The van der Waals surface area contributed by atoms with E-state index in [0.717, 1.165) is 16.2 Å². The fourth-order valence-corrected chi connectivity index (χ4v) is 4.69. The molecule has 4 rings (SSSR count).